The normalized spacial score (nSPS) is 13.4. The first-order valence-electron chi connectivity index (χ1n) is 4.92. The Labute approximate surface area is 93.5 Å². The van der Waals surface area contributed by atoms with Crippen LogP contribution in [0.4, 0.5) is 8.78 Å². The van der Waals surface area contributed by atoms with E-state index < -0.39 is 12.5 Å². The molecule has 5 heteroatoms. The summed E-state index contributed by atoms with van der Waals surface area (Å²) in [5.74, 6) is 0.0962. The van der Waals surface area contributed by atoms with Gasteiger partial charge in [-0.1, -0.05) is 6.07 Å². The first-order valence-corrected chi connectivity index (χ1v) is 4.92. The van der Waals surface area contributed by atoms with E-state index in [1.54, 1.807) is 0 Å². The number of phenolic OH excluding ortho intramolecular Hbond substituents is 1. The lowest BCUT2D eigenvalue weighted by molar-refractivity contribution is 0.116. The van der Waals surface area contributed by atoms with Gasteiger partial charge in [0, 0.05) is 12.1 Å². The van der Waals surface area contributed by atoms with Crippen LogP contribution in [-0.4, -0.2) is 30.5 Å². The third-order valence-corrected chi connectivity index (χ3v) is 2.25. The van der Waals surface area contributed by atoms with E-state index in [0.29, 0.717) is 17.7 Å². The molecule has 90 valence electrons. The molecule has 1 aromatic rings. The SMILES string of the molecule is CN(C)Cc1cc(C(N)C(F)F)ccc1O. The van der Waals surface area contributed by atoms with Gasteiger partial charge in [-0.3, -0.25) is 0 Å². The average molecular weight is 230 g/mol. The van der Waals surface area contributed by atoms with Crippen LogP contribution < -0.4 is 5.73 Å². The molecule has 0 saturated heterocycles. The quantitative estimate of drug-likeness (QED) is 0.828. The largest absolute Gasteiger partial charge is 0.508 e. The fourth-order valence-corrected chi connectivity index (χ4v) is 1.43. The molecular formula is C11H16F2N2O. The van der Waals surface area contributed by atoms with E-state index >= 15 is 0 Å². The van der Waals surface area contributed by atoms with Crippen LogP contribution in [0.1, 0.15) is 17.2 Å². The van der Waals surface area contributed by atoms with Gasteiger partial charge in [0.15, 0.2) is 0 Å². The Hall–Kier alpha value is -1.20. The molecule has 3 N–H and O–H groups in total. The summed E-state index contributed by atoms with van der Waals surface area (Å²) in [6.45, 7) is 0.482. The van der Waals surface area contributed by atoms with Gasteiger partial charge in [0.2, 0.25) is 0 Å². The first-order chi connectivity index (χ1) is 7.41. The van der Waals surface area contributed by atoms with E-state index in [9.17, 15) is 13.9 Å². The van der Waals surface area contributed by atoms with Crippen molar-refractivity contribution >= 4 is 0 Å². The van der Waals surface area contributed by atoms with E-state index in [2.05, 4.69) is 0 Å². The van der Waals surface area contributed by atoms with Gasteiger partial charge >= 0.3 is 0 Å². The Bertz CT molecular complexity index is 356. The second-order valence-corrected chi connectivity index (χ2v) is 3.99. The number of nitrogens with zero attached hydrogens (tertiary/aromatic N) is 1. The lowest BCUT2D eigenvalue weighted by Gasteiger charge is -2.15. The van der Waals surface area contributed by atoms with Gasteiger partial charge in [-0.2, -0.15) is 0 Å². The predicted molar refractivity (Wildman–Crippen MR) is 58.4 cm³/mol. The molecule has 0 aliphatic heterocycles. The molecule has 1 aromatic carbocycles. The number of benzene rings is 1. The number of hydrogen-bond donors (Lipinski definition) is 2. The van der Waals surface area contributed by atoms with Crippen LogP contribution in [0.25, 0.3) is 0 Å². The molecule has 0 saturated carbocycles. The van der Waals surface area contributed by atoms with E-state index in [1.807, 2.05) is 19.0 Å². The minimum absolute atomic E-state index is 0.0962. The average Bonchev–Trinajstić information content (AvgIpc) is 2.19. The zero-order valence-corrected chi connectivity index (χ0v) is 9.32. The number of nitrogens with two attached hydrogens (primary N) is 1. The van der Waals surface area contributed by atoms with Crippen molar-refractivity contribution in [3.8, 4) is 5.75 Å². The van der Waals surface area contributed by atoms with Crippen LogP contribution in [0.15, 0.2) is 18.2 Å². The molecule has 0 heterocycles. The third-order valence-electron chi connectivity index (χ3n) is 2.25. The number of phenols is 1. The number of hydrogen-bond acceptors (Lipinski definition) is 3. The molecule has 0 aliphatic carbocycles. The van der Waals surface area contributed by atoms with Gasteiger partial charge in [-0.05, 0) is 31.8 Å². The van der Waals surface area contributed by atoms with Crippen LogP contribution in [0.3, 0.4) is 0 Å². The maximum Gasteiger partial charge on any atom is 0.257 e. The van der Waals surface area contributed by atoms with Gasteiger partial charge in [0.05, 0.1) is 6.04 Å². The zero-order valence-electron chi connectivity index (χ0n) is 9.32. The van der Waals surface area contributed by atoms with Crippen molar-refractivity contribution in [1.82, 2.24) is 4.90 Å². The van der Waals surface area contributed by atoms with Gasteiger partial charge in [0.1, 0.15) is 5.75 Å². The fraction of sp³-hybridized carbons (Fsp3) is 0.455. The molecule has 0 bridgehead atoms. The fourth-order valence-electron chi connectivity index (χ4n) is 1.43. The molecule has 0 spiro atoms. The predicted octanol–water partition coefficient (Wildman–Crippen LogP) is 1.72. The van der Waals surface area contributed by atoms with Gasteiger partial charge in [0.25, 0.3) is 6.43 Å². The van der Waals surface area contributed by atoms with Crippen molar-refractivity contribution in [2.24, 2.45) is 5.73 Å². The molecule has 0 amide bonds. The van der Waals surface area contributed by atoms with Crippen LogP contribution in [0.2, 0.25) is 0 Å². The first kappa shape index (κ1) is 12.9. The summed E-state index contributed by atoms with van der Waals surface area (Å²) in [6, 6.07) is 3.04. The van der Waals surface area contributed by atoms with Crippen LogP contribution in [0.5, 0.6) is 5.75 Å². The Morgan fingerprint density at radius 2 is 2.00 bits per heavy atom. The molecule has 1 unspecified atom stereocenters. The lowest BCUT2D eigenvalue weighted by atomic mass is 10.0. The van der Waals surface area contributed by atoms with Crippen molar-refractivity contribution in [3.63, 3.8) is 0 Å². The summed E-state index contributed by atoms with van der Waals surface area (Å²) >= 11 is 0. The molecule has 0 fully saturated rings. The van der Waals surface area contributed by atoms with Crippen molar-refractivity contribution in [2.75, 3.05) is 14.1 Å². The molecule has 1 rings (SSSR count). The second kappa shape index (κ2) is 5.23. The van der Waals surface area contributed by atoms with Gasteiger partial charge in [-0.25, -0.2) is 8.78 Å². The lowest BCUT2D eigenvalue weighted by Crippen LogP contribution is -2.19. The Kier molecular flexibility index (Phi) is 4.20. The Morgan fingerprint density at radius 3 is 2.50 bits per heavy atom. The van der Waals surface area contributed by atoms with E-state index in [4.69, 9.17) is 5.73 Å². The molecule has 0 aliphatic rings. The third kappa shape index (κ3) is 3.15. The number of alkyl halides is 2. The van der Waals surface area contributed by atoms with Gasteiger partial charge in [-0.15, -0.1) is 0 Å². The van der Waals surface area contributed by atoms with Crippen molar-refractivity contribution in [1.29, 1.82) is 0 Å². The minimum atomic E-state index is -2.60. The highest BCUT2D eigenvalue weighted by Crippen LogP contribution is 2.25. The highest BCUT2D eigenvalue weighted by molar-refractivity contribution is 5.37. The summed E-state index contributed by atoms with van der Waals surface area (Å²) in [7, 11) is 3.66. The summed E-state index contributed by atoms with van der Waals surface area (Å²) in [6.07, 6.45) is -2.60. The maximum atomic E-state index is 12.4. The van der Waals surface area contributed by atoms with E-state index in [-0.39, 0.29) is 5.75 Å². The van der Waals surface area contributed by atoms with Crippen LogP contribution >= 0.6 is 0 Å². The summed E-state index contributed by atoms with van der Waals surface area (Å²) < 4.78 is 24.8. The molecule has 1 atom stereocenters. The molecular weight excluding hydrogens is 214 g/mol. The highest BCUT2D eigenvalue weighted by atomic mass is 19.3. The van der Waals surface area contributed by atoms with Crippen LogP contribution in [0, 0.1) is 0 Å². The molecule has 16 heavy (non-hydrogen) atoms. The van der Waals surface area contributed by atoms with Gasteiger partial charge < -0.3 is 15.7 Å². The number of rotatable bonds is 4. The number of aromatic hydroxyl groups is 1. The monoisotopic (exact) mass is 230 g/mol. The summed E-state index contributed by atoms with van der Waals surface area (Å²) in [5, 5.41) is 9.55. The topological polar surface area (TPSA) is 49.5 Å². The Balaban J connectivity index is 2.97. The van der Waals surface area contributed by atoms with E-state index in [0.717, 1.165) is 0 Å². The second-order valence-electron chi connectivity index (χ2n) is 3.99. The standard InChI is InChI=1S/C11H16F2N2O/c1-15(2)6-8-5-7(3-4-9(8)16)10(14)11(12)13/h3-5,10-11,16H,6,14H2,1-2H3. The summed E-state index contributed by atoms with van der Waals surface area (Å²) in [5.41, 5.74) is 6.28. The Morgan fingerprint density at radius 1 is 1.38 bits per heavy atom. The van der Waals surface area contributed by atoms with Crippen molar-refractivity contribution in [2.45, 2.75) is 19.0 Å². The number of halogens is 2. The van der Waals surface area contributed by atoms with E-state index in [1.165, 1.54) is 18.2 Å². The summed E-state index contributed by atoms with van der Waals surface area (Å²) in [4.78, 5) is 1.84. The van der Waals surface area contributed by atoms with Crippen molar-refractivity contribution < 1.29 is 13.9 Å². The minimum Gasteiger partial charge on any atom is -0.508 e. The highest BCUT2D eigenvalue weighted by Gasteiger charge is 2.18. The molecule has 0 radical (unpaired) electrons. The smallest absolute Gasteiger partial charge is 0.257 e. The molecule has 0 aromatic heterocycles. The van der Waals surface area contributed by atoms with Crippen molar-refractivity contribution in [3.05, 3.63) is 29.3 Å². The van der Waals surface area contributed by atoms with Crippen LogP contribution in [-0.2, 0) is 6.54 Å². The zero-order chi connectivity index (χ0) is 12.3. The maximum absolute atomic E-state index is 12.4. The molecule has 3 nitrogen and oxygen atoms in total.